The van der Waals surface area contributed by atoms with E-state index in [9.17, 15) is 14.7 Å². The number of benzene rings is 1. The van der Waals surface area contributed by atoms with Gasteiger partial charge in [0.2, 0.25) is 0 Å². The lowest BCUT2D eigenvalue weighted by atomic mass is 10.0. The Hall–Kier alpha value is -2.44. The lowest BCUT2D eigenvalue weighted by Gasteiger charge is -2.36. The maximum absolute atomic E-state index is 12.7. The van der Waals surface area contributed by atoms with Crippen molar-refractivity contribution in [3.05, 3.63) is 60.1 Å². The number of hydrogen-bond acceptors (Lipinski definition) is 5. The van der Waals surface area contributed by atoms with Crippen LogP contribution in [-0.2, 0) is 16.0 Å². The maximum atomic E-state index is 12.7. The molecule has 6 heteroatoms. The van der Waals surface area contributed by atoms with Crippen molar-refractivity contribution in [3.8, 4) is 0 Å². The number of ether oxygens (including phenoxy) is 1. The van der Waals surface area contributed by atoms with E-state index in [0.29, 0.717) is 13.2 Å². The van der Waals surface area contributed by atoms with Gasteiger partial charge < -0.3 is 19.2 Å². The largest absolute Gasteiger partial charge is 0.461 e. The molecule has 1 fully saturated rings. The summed E-state index contributed by atoms with van der Waals surface area (Å²) in [6.07, 6.45) is 0.659. The van der Waals surface area contributed by atoms with Crippen LogP contribution in [-0.4, -0.2) is 53.6 Å². The van der Waals surface area contributed by atoms with E-state index in [0.717, 1.165) is 5.56 Å². The topological polar surface area (TPSA) is 80.0 Å². The summed E-state index contributed by atoms with van der Waals surface area (Å²) in [5.41, 5.74) is 0.889. The molecule has 1 aliphatic heterocycles. The minimum atomic E-state index is -1.14. The second-order valence-electron chi connectivity index (χ2n) is 6.07. The number of aliphatic hydroxyl groups is 1. The molecule has 1 N–H and O–H groups in total. The number of furan rings is 1. The molecule has 25 heavy (non-hydrogen) atoms. The standard InChI is InChI=1S/C19H21NO5/c21-16(18-7-4-9-25-18)12-15-13-24-10-8-20(15)19(23)17(22)11-14-5-2-1-3-6-14/h1-7,9,15,17,22H,8,10-13H2/t15?,17-/m0/s1. The molecule has 2 atom stereocenters. The monoisotopic (exact) mass is 343 g/mol. The van der Waals surface area contributed by atoms with Gasteiger partial charge in [-0.25, -0.2) is 0 Å². The number of Topliss-reactive ketones (excluding diaryl/α,β-unsaturated/α-hetero) is 1. The molecule has 2 heterocycles. The number of rotatable bonds is 6. The van der Waals surface area contributed by atoms with E-state index in [-0.39, 0.29) is 36.9 Å². The van der Waals surface area contributed by atoms with Crippen LogP contribution in [0, 0.1) is 0 Å². The highest BCUT2D eigenvalue weighted by atomic mass is 16.5. The van der Waals surface area contributed by atoms with Gasteiger partial charge in [0.15, 0.2) is 11.5 Å². The molecule has 1 unspecified atom stereocenters. The van der Waals surface area contributed by atoms with Crippen molar-refractivity contribution in [2.24, 2.45) is 0 Å². The number of ketones is 1. The van der Waals surface area contributed by atoms with E-state index < -0.39 is 12.1 Å². The molecule has 2 aromatic rings. The predicted octanol–water partition coefficient (Wildman–Crippen LogP) is 1.68. The van der Waals surface area contributed by atoms with Gasteiger partial charge in [-0.15, -0.1) is 0 Å². The van der Waals surface area contributed by atoms with Crippen molar-refractivity contribution in [1.29, 1.82) is 0 Å². The van der Waals surface area contributed by atoms with Crippen molar-refractivity contribution in [3.63, 3.8) is 0 Å². The fourth-order valence-electron chi connectivity index (χ4n) is 2.98. The summed E-state index contributed by atoms with van der Waals surface area (Å²) in [7, 11) is 0. The number of nitrogens with zero attached hydrogens (tertiary/aromatic N) is 1. The lowest BCUT2D eigenvalue weighted by Crippen LogP contribution is -2.53. The fourth-order valence-corrected chi connectivity index (χ4v) is 2.98. The van der Waals surface area contributed by atoms with Crippen LogP contribution in [0.3, 0.4) is 0 Å². The van der Waals surface area contributed by atoms with E-state index in [1.807, 2.05) is 30.3 Å². The van der Waals surface area contributed by atoms with Gasteiger partial charge in [-0.1, -0.05) is 30.3 Å². The molecule has 0 aliphatic carbocycles. The third kappa shape index (κ3) is 4.35. The van der Waals surface area contributed by atoms with Gasteiger partial charge in [-0.2, -0.15) is 0 Å². The van der Waals surface area contributed by atoms with Gasteiger partial charge in [0.05, 0.1) is 25.5 Å². The molecule has 0 radical (unpaired) electrons. The highest BCUT2D eigenvalue weighted by Gasteiger charge is 2.33. The average molecular weight is 343 g/mol. The molecule has 1 aliphatic rings. The minimum absolute atomic E-state index is 0.108. The second kappa shape index (κ2) is 8.09. The summed E-state index contributed by atoms with van der Waals surface area (Å²) in [5.74, 6) is -0.289. The Morgan fingerprint density at radius 1 is 1.20 bits per heavy atom. The van der Waals surface area contributed by atoms with Gasteiger partial charge in [0.1, 0.15) is 6.10 Å². The van der Waals surface area contributed by atoms with Crippen LogP contribution in [0.25, 0.3) is 0 Å². The number of morpholine rings is 1. The molecule has 1 aromatic carbocycles. The van der Waals surface area contributed by atoms with Crippen LogP contribution in [0.4, 0.5) is 0 Å². The number of carbonyl (C=O) groups is 2. The molecule has 1 aromatic heterocycles. The van der Waals surface area contributed by atoms with Crippen molar-refractivity contribution in [2.45, 2.75) is 25.0 Å². The molecule has 132 valence electrons. The first-order valence-corrected chi connectivity index (χ1v) is 8.32. The van der Waals surface area contributed by atoms with Crippen molar-refractivity contribution >= 4 is 11.7 Å². The van der Waals surface area contributed by atoms with E-state index in [1.54, 1.807) is 17.0 Å². The van der Waals surface area contributed by atoms with E-state index in [4.69, 9.17) is 9.15 Å². The van der Waals surface area contributed by atoms with Gasteiger partial charge in [-0.05, 0) is 17.7 Å². The third-order valence-electron chi connectivity index (χ3n) is 4.28. The number of amides is 1. The van der Waals surface area contributed by atoms with Crippen LogP contribution >= 0.6 is 0 Å². The zero-order valence-electron chi connectivity index (χ0n) is 13.8. The maximum Gasteiger partial charge on any atom is 0.252 e. The van der Waals surface area contributed by atoms with Gasteiger partial charge in [0.25, 0.3) is 5.91 Å². The van der Waals surface area contributed by atoms with E-state index in [2.05, 4.69) is 0 Å². The first-order chi connectivity index (χ1) is 12.1. The van der Waals surface area contributed by atoms with Crippen LogP contribution in [0.15, 0.2) is 53.1 Å². The van der Waals surface area contributed by atoms with Gasteiger partial charge >= 0.3 is 0 Å². The lowest BCUT2D eigenvalue weighted by molar-refractivity contribution is -0.148. The average Bonchev–Trinajstić information content (AvgIpc) is 3.17. The smallest absolute Gasteiger partial charge is 0.252 e. The Kier molecular flexibility index (Phi) is 5.63. The first-order valence-electron chi connectivity index (χ1n) is 8.32. The fraction of sp³-hybridized carbons (Fsp3) is 0.368. The Morgan fingerprint density at radius 2 is 2.00 bits per heavy atom. The molecule has 3 rings (SSSR count). The van der Waals surface area contributed by atoms with Crippen LogP contribution in [0.5, 0.6) is 0 Å². The minimum Gasteiger partial charge on any atom is -0.461 e. The summed E-state index contributed by atoms with van der Waals surface area (Å²) >= 11 is 0. The first kappa shape index (κ1) is 17.4. The predicted molar refractivity (Wildman–Crippen MR) is 90.1 cm³/mol. The molecule has 0 saturated carbocycles. The summed E-state index contributed by atoms with van der Waals surface area (Å²) in [5, 5.41) is 10.3. The summed E-state index contributed by atoms with van der Waals surface area (Å²) in [6, 6.07) is 12.2. The second-order valence-corrected chi connectivity index (χ2v) is 6.07. The molecule has 0 bridgehead atoms. The quantitative estimate of drug-likeness (QED) is 0.807. The van der Waals surface area contributed by atoms with Gasteiger partial charge in [0, 0.05) is 19.4 Å². The molecule has 6 nitrogen and oxygen atoms in total. The Labute approximate surface area is 146 Å². The SMILES string of the molecule is O=C(CC1COCCN1C(=O)[C@@H](O)Cc1ccccc1)c1ccco1. The highest BCUT2D eigenvalue weighted by Crippen LogP contribution is 2.17. The molecular weight excluding hydrogens is 322 g/mol. The third-order valence-corrected chi connectivity index (χ3v) is 4.28. The summed E-state index contributed by atoms with van der Waals surface area (Å²) in [4.78, 5) is 26.5. The van der Waals surface area contributed by atoms with E-state index in [1.165, 1.54) is 6.26 Å². The Balaban J connectivity index is 1.65. The number of carbonyl (C=O) groups excluding carboxylic acids is 2. The van der Waals surface area contributed by atoms with Gasteiger partial charge in [-0.3, -0.25) is 9.59 Å². The summed E-state index contributed by atoms with van der Waals surface area (Å²) < 4.78 is 10.5. The normalized spacial score (nSPS) is 18.8. The van der Waals surface area contributed by atoms with Crippen LogP contribution < -0.4 is 0 Å². The molecule has 1 saturated heterocycles. The summed E-state index contributed by atoms with van der Waals surface area (Å²) in [6.45, 7) is 1.03. The van der Waals surface area contributed by atoms with Crippen LogP contribution in [0.1, 0.15) is 22.5 Å². The number of aliphatic hydroxyl groups excluding tert-OH is 1. The van der Waals surface area contributed by atoms with Crippen LogP contribution in [0.2, 0.25) is 0 Å². The Bertz CT molecular complexity index is 698. The zero-order chi connectivity index (χ0) is 17.6. The van der Waals surface area contributed by atoms with Crippen molar-refractivity contribution < 1.29 is 23.8 Å². The van der Waals surface area contributed by atoms with E-state index >= 15 is 0 Å². The zero-order valence-corrected chi connectivity index (χ0v) is 13.8. The Morgan fingerprint density at radius 3 is 2.72 bits per heavy atom. The molecular formula is C19H21NO5. The van der Waals surface area contributed by atoms with Crippen molar-refractivity contribution in [1.82, 2.24) is 4.90 Å². The molecule has 1 amide bonds. The highest BCUT2D eigenvalue weighted by molar-refractivity contribution is 5.94. The molecule has 0 spiro atoms. The van der Waals surface area contributed by atoms with Crippen molar-refractivity contribution in [2.75, 3.05) is 19.8 Å². The number of hydrogen-bond donors (Lipinski definition) is 1.